The van der Waals surface area contributed by atoms with Crippen LogP contribution < -0.4 is 4.57 Å². The molecule has 0 bridgehead atoms. The lowest BCUT2D eigenvalue weighted by molar-refractivity contribution is -0.697. The van der Waals surface area contributed by atoms with Crippen molar-refractivity contribution in [3.63, 3.8) is 0 Å². The molecule has 1 rings (SSSR count). The van der Waals surface area contributed by atoms with Crippen molar-refractivity contribution in [2.24, 2.45) is 0 Å². The number of hydrogen-bond donors (Lipinski definition) is 0. The van der Waals surface area contributed by atoms with E-state index in [9.17, 15) is 0 Å². The largest absolute Gasteiger partial charge is 0.205 e. The van der Waals surface area contributed by atoms with Gasteiger partial charge in [-0.1, -0.05) is 25.8 Å². The van der Waals surface area contributed by atoms with E-state index in [0.717, 1.165) is 25.7 Å². The van der Waals surface area contributed by atoms with Gasteiger partial charge >= 0.3 is 0 Å². The fraction of sp³-hybridized carbons (Fsp3) is 0.545. The van der Waals surface area contributed by atoms with Crippen molar-refractivity contribution in [2.75, 3.05) is 0 Å². The quantitative estimate of drug-likeness (QED) is 0.471. The molecule has 1 heteroatoms. The molecule has 1 heterocycles. The molecular formula is C11H18N+. The van der Waals surface area contributed by atoms with Crippen LogP contribution in [0.15, 0.2) is 30.5 Å². The van der Waals surface area contributed by atoms with Crippen LogP contribution in [0.5, 0.6) is 0 Å². The Morgan fingerprint density at radius 1 is 1.08 bits per heavy atom. The van der Waals surface area contributed by atoms with Gasteiger partial charge in [-0.15, -0.1) is 0 Å². The van der Waals surface area contributed by atoms with Crippen molar-refractivity contribution < 1.29 is 11.4 Å². The van der Waals surface area contributed by atoms with Gasteiger partial charge in [0.2, 0.25) is 0 Å². The summed E-state index contributed by atoms with van der Waals surface area (Å²) in [6, 6.07) is -0.854. The van der Waals surface area contributed by atoms with Crippen LogP contribution >= 0.6 is 0 Å². The molecular weight excluding hydrogens is 146 g/mol. The van der Waals surface area contributed by atoms with Crippen molar-refractivity contribution >= 4 is 0 Å². The normalized spacial score (nSPS) is 15.9. The molecule has 0 N–H and O–H groups in total. The van der Waals surface area contributed by atoms with E-state index in [2.05, 4.69) is 6.92 Å². The summed E-state index contributed by atoms with van der Waals surface area (Å²) >= 11 is 0. The Morgan fingerprint density at radius 2 is 1.83 bits per heavy atom. The molecule has 0 atom stereocenters. The molecule has 0 aliphatic heterocycles. The maximum absolute atomic E-state index is 7.71. The second-order valence-corrected chi connectivity index (χ2v) is 2.81. The molecule has 0 saturated carbocycles. The maximum atomic E-state index is 7.71. The van der Waals surface area contributed by atoms with Crippen LogP contribution in [0.3, 0.4) is 0 Å². The summed E-state index contributed by atoms with van der Waals surface area (Å²) in [7, 11) is 0. The fourth-order valence-corrected chi connectivity index (χ4v) is 1.06. The van der Waals surface area contributed by atoms with Gasteiger partial charge < -0.3 is 0 Å². The molecule has 0 radical (unpaired) electrons. The van der Waals surface area contributed by atoms with E-state index in [1.165, 1.54) is 4.57 Å². The van der Waals surface area contributed by atoms with E-state index in [-0.39, 0.29) is 30.5 Å². The first kappa shape index (κ1) is 4.40. The van der Waals surface area contributed by atoms with Crippen LogP contribution in [0.2, 0.25) is 0 Å². The van der Waals surface area contributed by atoms with Crippen LogP contribution in [0, 0.1) is 0 Å². The Morgan fingerprint density at radius 3 is 2.50 bits per heavy atom. The minimum atomic E-state index is -0.329. The van der Waals surface area contributed by atoms with E-state index in [4.69, 9.17) is 6.85 Å². The average molecular weight is 169 g/mol. The monoisotopic (exact) mass is 169 g/mol. The molecule has 12 heavy (non-hydrogen) atoms. The molecule has 0 saturated heterocycles. The lowest BCUT2D eigenvalue weighted by Crippen LogP contribution is -2.32. The van der Waals surface area contributed by atoms with Crippen LogP contribution in [0.25, 0.3) is 0 Å². The zero-order valence-corrected chi connectivity index (χ0v) is 7.48. The third-order valence-corrected chi connectivity index (χ3v) is 1.74. The molecule has 0 amide bonds. The summed E-state index contributed by atoms with van der Waals surface area (Å²) in [5.41, 5.74) is 0. The van der Waals surface area contributed by atoms with E-state index >= 15 is 0 Å². The average Bonchev–Trinajstić information content (AvgIpc) is 2.33. The minimum Gasteiger partial charge on any atom is -0.205 e. The summed E-state index contributed by atoms with van der Waals surface area (Å²) in [6.07, 6.45) is 3.82. The first-order valence-corrected chi connectivity index (χ1v) is 4.47. The number of unbranched alkanes of at least 4 members (excludes halogenated alkanes) is 3. The molecule has 1 aromatic heterocycles. The predicted molar refractivity (Wildman–Crippen MR) is 50.8 cm³/mol. The van der Waals surface area contributed by atoms with Crippen molar-refractivity contribution in [2.45, 2.75) is 39.2 Å². The van der Waals surface area contributed by atoms with Gasteiger partial charge in [-0.05, 0) is 6.42 Å². The van der Waals surface area contributed by atoms with E-state index in [0.29, 0.717) is 6.54 Å². The van der Waals surface area contributed by atoms with E-state index in [1.807, 2.05) is 0 Å². The van der Waals surface area contributed by atoms with Gasteiger partial charge in [-0.3, -0.25) is 0 Å². The summed E-state index contributed by atoms with van der Waals surface area (Å²) in [6.45, 7) is 2.59. The van der Waals surface area contributed by atoms with Crippen molar-refractivity contribution in [1.29, 1.82) is 0 Å². The summed E-state index contributed by atoms with van der Waals surface area (Å²) in [5, 5.41) is 0. The molecule has 0 fully saturated rings. The van der Waals surface area contributed by atoms with Crippen LogP contribution in [-0.4, -0.2) is 0 Å². The molecule has 1 aromatic rings. The highest BCUT2D eigenvalue weighted by atomic mass is 14.9. The van der Waals surface area contributed by atoms with Crippen molar-refractivity contribution in [1.82, 2.24) is 0 Å². The second-order valence-electron chi connectivity index (χ2n) is 2.81. The lowest BCUT2D eigenvalue weighted by atomic mass is 10.2. The smallest absolute Gasteiger partial charge is 0.168 e. The Hall–Kier alpha value is -0.850. The zero-order chi connectivity index (χ0) is 13.0. The number of pyridine rings is 1. The van der Waals surface area contributed by atoms with Gasteiger partial charge in [0, 0.05) is 18.5 Å². The highest BCUT2D eigenvalue weighted by Gasteiger charge is 1.95. The first-order chi connectivity index (χ1) is 8.00. The first-order valence-electron chi connectivity index (χ1n) is 6.97. The van der Waals surface area contributed by atoms with E-state index < -0.39 is 0 Å². The summed E-state index contributed by atoms with van der Waals surface area (Å²) < 4.78 is 39.3. The molecule has 0 aliphatic rings. The third kappa shape index (κ3) is 3.51. The van der Waals surface area contributed by atoms with Gasteiger partial charge in [0.1, 0.15) is 9.29 Å². The van der Waals surface area contributed by atoms with Crippen LogP contribution in [0.1, 0.15) is 39.5 Å². The molecule has 1 nitrogen and oxygen atoms in total. The molecule has 66 valence electrons. The fourth-order valence-electron chi connectivity index (χ4n) is 1.06. The highest BCUT2D eigenvalue weighted by Crippen LogP contribution is 1.97. The van der Waals surface area contributed by atoms with Crippen LogP contribution in [0.4, 0.5) is 0 Å². The van der Waals surface area contributed by atoms with Gasteiger partial charge in [-0.25, -0.2) is 4.57 Å². The maximum Gasteiger partial charge on any atom is 0.168 e. The topological polar surface area (TPSA) is 3.88 Å². The molecule has 0 aliphatic carbocycles. The van der Waals surface area contributed by atoms with Gasteiger partial charge in [0.15, 0.2) is 12.3 Å². The van der Waals surface area contributed by atoms with Gasteiger partial charge in [0.05, 0.1) is 4.11 Å². The number of aromatic nitrogens is 1. The SMILES string of the molecule is [2H]c1c([2H])c([2H])[n+](CCCCCC)c([2H])c1[2H]. The Labute approximate surface area is 82.1 Å². The Kier molecular flexibility index (Phi) is 2.11. The summed E-state index contributed by atoms with van der Waals surface area (Å²) in [5.74, 6) is 0. The number of nitrogens with zero attached hydrogens (tertiary/aromatic N) is 1. The highest BCUT2D eigenvalue weighted by molar-refractivity contribution is 4.83. The zero-order valence-electron chi connectivity index (χ0n) is 12.5. The van der Waals surface area contributed by atoms with Crippen LogP contribution in [-0.2, 0) is 6.54 Å². The van der Waals surface area contributed by atoms with Gasteiger partial charge in [-0.2, -0.15) is 0 Å². The number of rotatable bonds is 5. The molecule has 0 aromatic carbocycles. The molecule has 0 unspecified atom stereocenters. The standard InChI is InChI=1S/C11H18N/c1-2-3-4-6-9-12-10-7-5-8-11-12/h5,7-8,10-11H,2-4,6,9H2,1H3/q+1/i5D,7D,8D,10D,11D. The second kappa shape index (κ2) is 5.76. The molecule has 0 spiro atoms. The minimum absolute atomic E-state index is 0.132. The third-order valence-electron chi connectivity index (χ3n) is 1.74. The summed E-state index contributed by atoms with van der Waals surface area (Å²) in [4.78, 5) is 0. The lowest BCUT2D eigenvalue weighted by Gasteiger charge is -1.95. The number of hydrogen-bond acceptors (Lipinski definition) is 0. The van der Waals surface area contributed by atoms with Gasteiger partial charge in [0.25, 0.3) is 0 Å². The van der Waals surface area contributed by atoms with E-state index in [1.54, 1.807) is 0 Å². The van der Waals surface area contributed by atoms with Crippen molar-refractivity contribution in [3.8, 4) is 0 Å². The Balaban J connectivity index is 2.92. The van der Waals surface area contributed by atoms with Crippen molar-refractivity contribution in [3.05, 3.63) is 30.5 Å². The predicted octanol–water partition coefficient (Wildman–Crippen LogP) is 2.55. The Bertz CT molecular complexity index is 376.